The first-order valence-electron chi connectivity index (χ1n) is 13.0. The summed E-state index contributed by atoms with van der Waals surface area (Å²) in [7, 11) is 4.64. The average molecular weight is 577 g/mol. The molecule has 2 aromatic heterocycles. The first-order chi connectivity index (χ1) is 19.8. The zero-order valence-corrected chi connectivity index (χ0v) is 24.0. The van der Waals surface area contributed by atoms with Gasteiger partial charge in [0, 0.05) is 60.2 Å². The quantitative estimate of drug-likeness (QED) is 0.356. The van der Waals surface area contributed by atoms with Crippen LogP contribution in [-0.2, 0) is 6.61 Å². The highest BCUT2D eigenvalue weighted by Crippen LogP contribution is 2.46. The first kappa shape index (κ1) is 28.5. The van der Waals surface area contributed by atoms with Gasteiger partial charge in [-0.1, -0.05) is 0 Å². The molecule has 0 radical (unpaired) electrons. The Morgan fingerprint density at radius 1 is 1.10 bits per heavy atom. The lowest BCUT2D eigenvalue weighted by atomic mass is 9.95. The number of anilines is 1. The molecule has 0 atom stereocenters. The van der Waals surface area contributed by atoms with E-state index in [9.17, 15) is 18.4 Å². The molecule has 5 rings (SSSR count). The number of nitrogens with one attached hydrogen (secondary N) is 1. The number of hydrogen-bond donors (Lipinski definition) is 2. The molecule has 1 aliphatic rings. The smallest absolute Gasteiger partial charge is 0.274 e. The summed E-state index contributed by atoms with van der Waals surface area (Å²) in [5, 5.41) is 7.12. The number of pyridine rings is 1. The van der Waals surface area contributed by atoms with Crippen molar-refractivity contribution in [2.24, 2.45) is 0 Å². The molecule has 0 saturated carbocycles. The van der Waals surface area contributed by atoms with Crippen molar-refractivity contribution < 1.29 is 27.8 Å². The highest BCUT2D eigenvalue weighted by atomic mass is 19.1. The molecule has 1 aliphatic heterocycles. The molecule has 3 heterocycles. The first-order valence-corrected chi connectivity index (χ1v) is 13.0. The van der Waals surface area contributed by atoms with Crippen molar-refractivity contribution in [1.29, 1.82) is 0 Å². The van der Waals surface area contributed by atoms with Gasteiger partial charge in [-0.25, -0.2) is 18.4 Å². The van der Waals surface area contributed by atoms with Crippen LogP contribution in [0, 0.1) is 11.6 Å². The van der Waals surface area contributed by atoms with Crippen LogP contribution in [0.5, 0.6) is 11.5 Å². The summed E-state index contributed by atoms with van der Waals surface area (Å²) >= 11 is 0. The third-order valence-electron chi connectivity index (χ3n) is 7.22. The number of carbonyl (C=O) groups excluding carboxylic acids is 2. The fourth-order valence-electron chi connectivity index (χ4n) is 4.70. The summed E-state index contributed by atoms with van der Waals surface area (Å²) in [5.74, 6) is -1.53. The maximum absolute atomic E-state index is 14.4. The second-order valence-electron chi connectivity index (χ2n) is 10.8. The van der Waals surface area contributed by atoms with Crippen molar-refractivity contribution >= 4 is 17.6 Å². The van der Waals surface area contributed by atoms with E-state index in [4.69, 9.17) is 15.2 Å². The van der Waals surface area contributed by atoms with E-state index in [1.165, 1.54) is 25.0 Å². The Morgan fingerprint density at radius 3 is 2.40 bits per heavy atom. The van der Waals surface area contributed by atoms with Gasteiger partial charge in [0.2, 0.25) is 0 Å². The van der Waals surface area contributed by atoms with Crippen molar-refractivity contribution in [2.45, 2.75) is 32.9 Å². The zero-order chi connectivity index (χ0) is 30.5. The predicted octanol–water partition coefficient (Wildman–Crippen LogP) is 4.59. The highest BCUT2D eigenvalue weighted by molar-refractivity contribution is 6.00. The molecule has 0 fully saturated rings. The van der Waals surface area contributed by atoms with E-state index >= 15 is 0 Å². The molecule has 12 heteroatoms. The normalized spacial score (nSPS) is 12.2. The highest BCUT2D eigenvalue weighted by Gasteiger charge is 2.35. The Kier molecular flexibility index (Phi) is 7.09. The van der Waals surface area contributed by atoms with Crippen LogP contribution in [0.3, 0.4) is 0 Å². The summed E-state index contributed by atoms with van der Waals surface area (Å²) in [4.78, 5) is 31.8. The van der Waals surface area contributed by atoms with Gasteiger partial charge >= 0.3 is 0 Å². The summed E-state index contributed by atoms with van der Waals surface area (Å²) < 4.78 is 41.9. The van der Waals surface area contributed by atoms with Crippen LogP contribution in [0.25, 0.3) is 28.1 Å². The number of halogens is 2. The number of nitrogens with two attached hydrogens (primary N) is 1. The molecule has 42 heavy (non-hydrogen) atoms. The van der Waals surface area contributed by atoms with Gasteiger partial charge in [0.15, 0.2) is 5.69 Å². The van der Waals surface area contributed by atoms with Crippen LogP contribution in [0.1, 0.15) is 47.2 Å². The number of methoxy groups -OCH3 is 1. The van der Waals surface area contributed by atoms with E-state index < -0.39 is 23.1 Å². The SMILES string of the molecule is CNC(=O)c1cc(-c2cc3c(cc2OC)OCc2c(C(=O)N(C)C(C)(C)C)nn(-c4cc(F)cc(F)c4)c2-3)cnc1N. The minimum atomic E-state index is -0.800. The molecule has 0 spiro atoms. The van der Waals surface area contributed by atoms with Crippen molar-refractivity contribution in [2.75, 3.05) is 26.9 Å². The predicted molar refractivity (Wildman–Crippen MR) is 153 cm³/mol. The maximum Gasteiger partial charge on any atom is 0.274 e. The number of rotatable bonds is 5. The minimum Gasteiger partial charge on any atom is -0.496 e. The maximum atomic E-state index is 14.4. The van der Waals surface area contributed by atoms with Gasteiger partial charge in [-0.15, -0.1) is 0 Å². The fourth-order valence-corrected chi connectivity index (χ4v) is 4.70. The van der Waals surface area contributed by atoms with Gasteiger partial charge in [-0.05, 0) is 45.0 Å². The second-order valence-corrected chi connectivity index (χ2v) is 10.8. The Labute approximate surface area is 241 Å². The lowest BCUT2D eigenvalue weighted by molar-refractivity contribution is 0.0646. The molecule has 4 aromatic rings. The summed E-state index contributed by atoms with van der Waals surface area (Å²) in [5.41, 5.74) is 8.17. The molecule has 2 amide bonds. The van der Waals surface area contributed by atoms with Gasteiger partial charge in [0.05, 0.1) is 24.1 Å². The number of carbonyl (C=O) groups is 2. The van der Waals surface area contributed by atoms with Gasteiger partial charge in [0.1, 0.15) is 35.6 Å². The van der Waals surface area contributed by atoms with E-state index in [2.05, 4.69) is 15.4 Å². The Hall–Kier alpha value is -5.00. The summed E-state index contributed by atoms with van der Waals surface area (Å²) in [6.45, 7) is 5.63. The molecule has 2 aromatic carbocycles. The molecule has 0 bridgehead atoms. The van der Waals surface area contributed by atoms with Crippen molar-refractivity contribution in [3.05, 3.63) is 71.1 Å². The van der Waals surface area contributed by atoms with Crippen LogP contribution in [0.4, 0.5) is 14.6 Å². The topological polar surface area (TPSA) is 125 Å². The van der Waals surface area contributed by atoms with Crippen LogP contribution in [0.15, 0.2) is 42.6 Å². The van der Waals surface area contributed by atoms with E-state index in [1.54, 1.807) is 30.1 Å². The molecule has 10 nitrogen and oxygen atoms in total. The molecule has 218 valence electrons. The molecular weight excluding hydrogens is 546 g/mol. The standard InChI is InChI=1S/C30H30F2N6O4/c1-30(2,3)37(5)29(40)25-22-14-42-24-12-23(41-6)19(15-7-21(28(39)34-4)27(33)35-13-15)11-20(24)26(22)38(36-25)18-9-16(31)8-17(32)10-18/h7-13H,14H2,1-6H3,(H2,33,35)(H,34,39). The zero-order valence-electron chi connectivity index (χ0n) is 24.0. The van der Waals surface area contributed by atoms with E-state index in [0.29, 0.717) is 39.4 Å². The van der Waals surface area contributed by atoms with Crippen LogP contribution < -0.4 is 20.5 Å². The second kappa shape index (κ2) is 10.4. The Balaban J connectivity index is 1.79. The minimum absolute atomic E-state index is 0.0219. The molecule has 3 N–H and O–H groups in total. The van der Waals surface area contributed by atoms with E-state index in [1.807, 2.05) is 20.8 Å². The van der Waals surface area contributed by atoms with Gasteiger partial charge in [0.25, 0.3) is 11.8 Å². The number of hydrogen-bond acceptors (Lipinski definition) is 7. The van der Waals surface area contributed by atoms with E-state index in [-0.39, 0.29) is 35.3 Å². The lowest BCUT2D eigenvalue weighted by Crippen LogP contribution is -2.43. The summed E-state index contributed by atoms with van der Waals surface area (Å²) in [6.07, 6.45) is 1.50. The number of aromatic nitrogens is 3. The van der Waals surface area contributed by atoms with Crippen molar-refractivity contribution in [3.63, 3.8) is 0 Å². The molecule has 0 saturated heterocycles. The Morgan fingerprint density at radius 2 is 1.79 bits per heavy atom. The summed E-state index contributed by atoms with van der Waals surface area (Å²) in [6, 6.07) is 8.02. The monoisotopic (exact) mass is 576 g/mol. The van der Waals surface area contributed by atoms with Crippen molar-refractivity contribution in [3.8, 4) is 39.6 Å². The number of nitrogens with zero attached hydrogens (tertiary/aromatic N) is 4. The third kappa shape index (κ3) is 4.89. The molecule has 0 unspecified atom stereocenters. The average Bonchev–Trinajstić information content (AvgIpc) is 3.34. The largest absolute Gasteiger partial charge is 0.496 e. The van der Waals surface area contributed by atoms with Gasteiger partial charge in [-0.2, -0.15) is 5.10 Å². The van der Waals surface area contributed by atoms with Crippen LogP contribution in [-0.4, -0.2) is 58.2 Å². The van der Waals surface area contributed by atoms with Crippen LogP contribution >= 0.6 is 0 Å². The molecule has 0 aliphatic carbocycles. The third-order valence-corrected chi connectivity index (χ3v) is 7.22. The Bertz CT molecular complexity index is 1720. The fraction of sp³-hybridized carbons (Fsp3) is 0.267. The number of nitrogen functional groups attached to an aromatic ring is 1. The number of ether oxygens (including phenoxy) is 2. The van der Waals surface area contributed by atoms with Gasteiger partial charge in [-0.3, -0.25) is 9.59 Å². The lowest BCUT2D eigenvalue weighted by Gasteiger charge is -2.31. The number of benzene rings is 2. The molecular formula is C30H30F2N6O4. The van der Waals surface area contributed by atoms with Crippen LogP contribution in [0.2, 0.25) is 0 Å². The number of amides is 2. The van der Waals surface area contributed by atoms with E-state index in [0.717, 1.165) is 18.2 Å². The van der Waals surface area contributed by atoms with Crippen molar-refractivity contribution in [1.82, 2.24) is 25.0 Å². The number of fused-ring (bicyclic) bond motifs is 3. The van der Waals surface area contributed by atoms with Gasteiger partial charge < -0.3 is 25.4 Å².